The normalized spacial score (nSPS) is 12.0. The minimum Gasteiger partial charge on any atom is -0.481 e. The number of rotatable bonds is 6. The van der Waals surface area contributed by atoms with E-state index in [1.165, 1.54) is 9.80 Å². The second-order valence-corrected chi connectivity index (χ2v) is 4.71. The number of carboxylic acids is 1. The van der Waals surface area contributed by atoms with E-state index in [0.717, 1.165) is 0 Å². The molecule has 1 aromatic heterocycles. The van der Waals surface area contributed by atoms with Crippen molar-refractivity contribution in [3.8, 4) is 0 Å². The highest BCUT2D eigenvalue weighted by Gasteiger charge is 2.24. The molecular weight excluding hydrogens is 262 g/mol. The van der Waals surface area contributed by atoms with Crippen LogP contribution < -0.4 is 0 Å². The Hall–Kier alpha value is -2.12. The molecule has 0 fully saturated rings. The van der Waals surface area contributed by atoms with Crippen LogP contribution >= 0.6 is 0 Å². The number of aryl methyl sites for hydroxylation is 1. The van der Waals surface area contributed by atoms with Gasteiger partial charge in [0.15, 0.2) is 5.82 Å². The number of aromatic amines is 1. The molecule has 0 radical (unpaired) electrons. The summed E-state index contributed by atoms with van der Waals surface area (Å²) in [7, 11) is 1.64. The molecule has 0 aliphatic carbocycles. The molecule has 1 heterocycles. The highest BCUT2D eigenvalue weighted by atomic mass is 16.4. The van der Waals surface area contributed by atoms with Gasteiger partial charge in [-0.15, -0.1) is 0 Å². The van der Waals surface area contributed by atoms with Gasteiger partial charge in [0.05, 0.1) is 13.0 Å². The average molecular weight is 283 g/mol. The molecule has 0 aliphatic rings. The number of nitrogens with one attached hydrogen (secondary N) is 1. The van der Waals surface area contributed by atoms with Crippen molar-refractivity contribution in [2.75, 3.05) is 13.6 Å². The van der Waals surface area contributed by atoms with Gasteiger partial charge in [-0.25, -0.2) is 9.78 Å². The molecular formula is C12H21N5O3. The standard InChI is InChI=1S/C12H21N5O3/c1-5-17(8(2)6-11(18)19)12(20)16(4)7-10-13-9(3)14-15-10/h8H,5-7H2,1-4H3,(H,18,19)(H,13,14,15). The van der Waals surface area contributed by atoms with Gasteiger partial charge in [0, 0.05) is 19.6 Å². The van der Waals surface area contributed by atoms with Gasteiger partial charge in [0.2, 0.25) is 0 Å². The molecule has 0 spiro atoms. The number of aliphatic carboxylic acids is 1. The highest BCUT2D eigenvalue weighted by molar-refractivity contribution is 5.75. The summed E-state index contributed by atoms with van der Waals surface area (Å²) in [6.07, 6.45) is -0.0762. The van der Waals surface area contributed by atoms with Crippen LogP contribution in [-0.4, -0.2) is 61.7 Å². The van der Waals surface area contributed by atoms with Gasteiger partial charge in [-0.3, -0.25) is 9.89 Å². The third-order valence-corrected chi connectivity index (χ3v) is 2.94. The summed E-state index contributed by atoms with van der Waals surface area (Å²) >= 11 is 0. The Bertz CT molecular complexity index is 473. The van der Waals surface area contributed by atoms with Crippen molar-refractivity contribution in [1.29, 1.82) is 0 Å². The number of carbonyl (C=O) groups excluding carboxylic acids is 1. The van der Waals surface area contributed by atoms with Crippen molar-refractivity contribution < 1.29 is 14.7 Å². The number of urea groups is 1. The number of H-pyrrole nitrogens is 1. The van der Waals surface area contributed by atoms with Crippen LogP contribution in [0.4, 0.5) is 4.79 Å². The summed E-state index contributed by atoms with van der Waals surface area (Å²) in [5.41, 5.74) is 0. The first-order valence-corrected chi connectivity index (χ1v) is 6.46. The summed E-state index contributed by atoms with van der Waals surface area (Å²) in [5.74, 6) is 0.295. The van der Waals surface area contributed by atoms with Crippen LogP contribution in [0.15, 0.2) is 0 Å². The summed E-state index contributed by atoms with van der Waals surface area (Å²) in [5, 5.41) is 15.5. The number of aromatic nitrogens is 3. The van der Waals surface area contributed by atoms with Crippen molar-refractivity contribution in [3.63, 3.8) is 0 Å². The first-order valence-electron chi connectivity index (χ1n) is 6.46. The Balaban J connectivity index is 2.67. The van der Waals surface area contributed by atoms with Crippen molar-refractivity contribution >= 4 is 12.0 Å². The van der Waals surface area contributed by atoms with Gasteiger partial charge in [0.25, 0.3) is 0 Å². The van der Waals surface area contributed by atoms with Crippen LogP contribution in [0.3, 0.4) is 0 Å². The molecule has 8 heteroatoms. The fourth-order valence-corrected chi connectivity index (χ4v) is 1.96. The summed E-state index contributed by atoms with van der Waals surface area (Å²) in [4.78, 5) is 30.2. The minimum atomic E-state index is -0.920. The van der Waals surface area contributed by atoms with E-state index in [9.17, 15) is 9.59 Å². The quantitative estimate of drug-likeness (QED) is 0.805. The van der Waals surface area contributed by atoms with Crippen LogP contribution in [0.25, 0.3) is 0 Å². The smallest absolute Gasteiger partial charge is 0.320 e. The van der Waals surface area contributed by atoms with Gasteiger partial charge in [-0.1, -0.05) is 0 Å². The third kappa shape index (κ3) is 4.22. The summed E-state index contributed by atoms with van der Waals surface area (Å²) in [6.45, 7) is 6.05. The topological polar surface area (TPSA) is 102 Å². The monoisotopic (exact) mass is 283 g/mol. The Morgan fingerprint density at radius 1 is 1.45 bits per heavy atom. The molecule has 0 saturated carbocycles. The lowest BCUT2D eigenvalue weighted by atomic mass is 10.2. The Morgan fingerprint density at radius 2 is 2.10 bits per heavy atom. The maximum absolute atomic E-state index is 12.3. The van der Waals surface area contributed by atoms with Crippen molar-refractivity contribution in [3.05, 3.63) is 11.6 Å². The zero-order valence-electron chi connectivity index (χ0n) is 12.3. The van der Waals surface area contributed by atoms with Crippen molar-refractivity contribution in [2.45, 2.75) is 39.8 Å². The predicted octanol–water partition coefficient (Wildman–Crippen LogP) is 0.850. The molecule has 112 valence electrons. The number of carbonyl (C=O) groups is 2. The van der Waals surface area contributed by atoms with E-state index in [-0.39, 0.29) is 25.0 Å². The Labute approximate surface area is 117 Å². The van der Waals surface area contributed by atoms with E-state index in [1.807, 2.05) is 6.92 Å². The first-order chi connectivity index (χ1) is 9.35. The van der Waals surface area contributed by atoms with E-state index in [0.29, 0.717) is 18.2 Å². The van der Waals surface area contributed by atoms with E-state index in [1.54, 1.807) is 20.9 Å². The molecule has 20 heavy (non-hydrogen) atoms. The third-order valence-electron chi connectivity index (χ3n) is 2.94. The van der Waals surface area contributed by atoms with Crippen molar-refractivity contribution in [2.24, 2.45) is 0 Å². The van der Waals surface area contributed by atoms with Crippen molar-refractivity contribution in [1.82, 2.24) is 25.0 Å². The zero-order valence-corrected chi connectivity index (χ0v) is 12.3. The fraction of sp³-hybridized carbons (Fsp3) is 0.667. The van der Waals surface area contributed by atoms with Gasteiger partial charge in [-0.05, 0) is 20.8 Å². The lowest BCUT2D eigenvalue weighted by Gasteiger charge is -2.31. The van der Waals surface area contributed by atoms with E-state index >= 15 is 0 Å². The average Bonchev–Trinajstić information content (AvgIpc) is 2.74. The molecule has 1 atom stereocenters. The van der Waals surface area contributed by atoms with Gasteiger partial charge < -0.3 is 14.9 Å². The lowest BCUT2D eigenvalue weighted by molar-refractivity contribution is -0.138. The molecule has 2 N–H and O–H groups in total. The number of carboxylic acid groups (broad SMARTS) is 1. The molecule has 0 saturated heterocycles. The number of hydrogen-bond donors (Lipinski definition) is 2. The second kappa shape index (κ2) is 6.88. The molecule has 1 aromatic rings. The van der Waals surface area contributed by atoms with E-state index in [4.69, 9.17) is 5.11 Å². The summed E-state index contributed by atoms with van der Waals surface area (Å²) in [6, 6.07) is -0.593. The minimum absolute atomic E-state index is 0.0762. The molecule has 0 aromatic carbocycles. The molecule has 8 nitrogen and oxygen atoms in total. The maximum atomic E-state index is 12.3. The maximum Gasteiger partial charge on any atom is 0.320 e. The van der Waals surface area contributed by atoms with Crippen LogP contribution in [0.5, 0.6) is 0 Å². The summed E-state index contributed by atoms with van der Waals surface area (Å²) < 4.78 is 0. The molecule has 0 bridgehead atoms. The number of hydrogen-bond acceptors (Lipinski definition) is 4. The van der Waals surface area contributed by atoms with E-state index < -0.39 is 5.97 Å². The number of amides is 2. The first kappa shape index (κ1) is 15.9. The van der Waals surface area contributed by atoms with Crippen LogP contribution in [0.1, 0.15) is 31.9 Å². The zero-order chi connectivity index (χ0) is 15.3. The SMILES string of the molecule is CCN(C(=O)N(C)Cc1n[nH]c(C)n1)C(C)CC(=O)O. The molecule has 0 aliphatic heterocycles. The fourth-order valence-electron chi connectivity index (χ4n) is 1.96. The molecule has 1 unspecified atom stereocenters. The second-order valence-electron chi connectivity index (χ2n) is 4.71. The Morgan fingerprint density at radius 3 is 2.55 bits per heavy atom. The van der Waals surface area contributed by atoms with Crippen LogP contribution in [0.2, 0.25) is 0 Å². The van der Waals surface area contributed by atoms with Crippen LogP contribution in [-0.2, 0) is 11.3 Å². The Kier molecular flexibility index (Phi) is 5.48. The molecule has 1 rings (SSSR count). The van der Waals surface area contributed by atoms with Gasteiger partial charge in [-0.2, -0.15) is 5.10 Å². The molecule has 2 amide bonds. The van der Waals surface area contributed by atoms with Gasteiger partial charge in [0.1, 0.15) is 5.82 Å². The van der Waals surface area contributed by atoms with Crippen LogP contribution in [0, 0.1) is 6.92 Å². The largest absolute Gasteiger partial charge is 0.481 e. The highest BCUT2D eigenvalue weighted by Crippen LogP contribution is 2.09. The number of nitrogens with zero attached hydrogens (tertiary/aromatic N) is 4. The van der Waals surface area contributed by atoms with E-state index in [2.05, 4.69) is 15.2 Å². The van der Waals surface area contributed by atoms with Gasteiger partial charge >= 0.3 is 12.0 Å². The lowest BCUT2D eigenvalue weighted by Crippen LogP contribution is -2.46. The predicted molar refractivity (Wildman–Crippen MR) is 72.1 cm³/mol.